The number of methoxy groups -OCH3 is 2. The Hall–Kier alpha value is -1.14. The van der Waals surface area contributed by atoms with Crippen LogP contribution in [0.5, 0.6) is 0 Å². The number of ether oxygens (including phenoxy) is 3. The van der Waals surface area contributed by atoms with Crippen LogP contribution in [-0.4, -0.2) is 63.9 Å². The van der Waals surface area contributed by atoms with Gasteiger partial charge in [0.2, 0.25) is 5.91 Å². The van der Waals surface area contributed by atoms with Gasteiger partial charge in [0.15, 0.2) is 0 Å². The zero-order valence-corrected chi connectivity index (χ0v) is 12.1. The molecule has 0 bridgehead atoms. The Bertz CT molecular complexity index is 257. The summed E-state index contributed by atoms with van der Waals surface area (Å²) in [6, 6.07) is 0. The number of rotatable bonds is 11. The molecule has 0 aromatic rings. The summed E-state index contributed by atoms with van der Waals surface area (Å²) in [5.74, 6) is -0.301. The van der Waals surface area contributed by atoms with Gasteiger partial charge in [0.1, 0.15) is 0 Å². The van der Waals surface area contributed by atoms with Gasteiger partial charge < -0.3 is 19.1 Å². The van der Waals surface area contributed by atoms with Gasteiger partial charge in [-0.05, 0) is 13.3 Å². The molecule has 0 heterocycles. The van der Waals surface area contributed by atoms with Gasteiger partial charge in [-0.15, -0.1) is 0 Å². The van der Waals surface area contributed by atoms with E-state index >= 15 is 0 Å². The van der Waals surface area contributed by atoms with Crippen LogP contribution < -0.4 is 0 Å². The first kappa shape index (κ1) is 17.9. The predicted molar refractivity (Wildman–Crippen MR) is 70.8 cm³/mol. The molecule has 0 fully saturated rings. The van der Waals surface area contributed by atoms with Gasteiger partial charge in [0, 0.05) is 39.8 Å². The first-order valence-electron chi connectivity index (χ1n) is 6.57. The van der Waals surface area contributed by atoms with E-state index in [9.17, 15) is 9.59 Å². The number of nitrogens with zero attached hydrogens (tertiary/aromatic N) is 1. The van der Waals surface area contributed by atoms with Gasteiger partial charge in [0.05, 0.1) is 20.1 Å². The van der Waals surface area contributed by atoms with Crippen molar-refractivity contribution in [2.45, 2.75) is 26.2 Å². The maximum atomic E-state index is 12.0. The molecule has 0 saturated heterocycles. The molecular weight excluding hydrogens is 250 g/mol. The molecule has 6 heteroatoms. The molecule has 0 radical (unpaired) electrons. The zero-order chi connectivity index (χ0) is 14.5. The van der Waals surface area contributed by atoms with Crippen molar-refractivity contribution in [3.8, 4) is 0 Å². The van der Waals surface area contributed by atoms with Gasteiger partial charge in [-0.1, -0.05) is 0 Å². The minimum atomic E-state index is -0.315. The zero-order valence-electron chi connectivity index (χ0n) is 12.1. The molecule has 0 unspecified atom stereocenters. The third-order valence-corrected chi connectivity index (χ3v) is 2.61. The molecule has 0 aromatic heterocycles. The molecule has 112 valence electrons. The van der Waals surface area contributed by atoms with E-state index < -0.39 is 0 Å². The number of carbonyl (C=O) groups is 2. The van der Waals surface area contributed by atoms with Gasteiger partial charge in [-0.25, -0.2) is 0 Å². The first-order valence-corrected chi connectivity index (χ1v) is 6.57. The van der Waals surface area contributed by atoms with E-state index in [-0.39, 0.29) is 18.3 Å². The lowest BCUT2D eigenvalue weighted by Gasteiger charge is -2.22. The summed E-state index contributed by atoms with van der Waals surface area (Å²) in [5, 5.41) is 0. The highest BCUT2D eigenvalue weighted by Gasteiger charge is 2.14. The number of hydrogen-bond donors (Lipinski definition) is 0. The van der Waals surface area contributed by atoms with Gasteiger partial charge >= 0.3 is 5.97 Å². The lowest BCUT2D eigenvalue weighted by Crippen LogP contribution is -2.35. The van der Waals surface area contributed by atoms with E-state index in [1.165, 1.54) is 7.11 Å². The highest BCUT2D eigenvalue weighted by Crippen LogP contribution is 2.01. The monoisotopic (exact) mass is 275 g/mol. The number of amides is 1. The molecular formula is C13H25NO5. The van der Waals surface area contributed by atoms with E-state index in [2.05, 4.69) is 4.74 Å². The second-order valence-corrected chi connectivity index (χ2v) is 4.00. The lowest BCUT2D eigenvalue weighted by molar-refractivity contribution is -0.142. The van der Waals surface area contributed by atoms with Crippen LogP contribution in [0.1, 0.15) is 26.2 Å². The van der Waals surface area contributed by atoms with Crippen molar-refractivity contribution in [2.24, 2.45) is 0 Å². The summed E-state index contributed by atoms with van der Waals surface area (Å²) >= 11 is 0. The Morgan fingerprint density at radius 2 is 1.79 bits per heavy atom. The average Bonchev–Trinajstić information content (AvgIpc) is 2.43. The fraction of sp³-hybridized carbons (Fsp3) is 0.846. The van der Waals surface area contributed by atoms with Crippen molar-refractivity contribution in [2.75, 3.05) is 47.1 Å². The van der Waals surface area contributed by atoms with Gasteiger partial charge in [-0.2, -0.15) is 0 Å². The normalized spacial score (nSPS) is 10.3. The molecule has 0 rings (SSSR count). The molecule has 6 nitrogen and oxygen atoms in total. The average molecular weight is 275 g/mol. The van der Waals surface area contributed by atoms with Crippen molar-refractivity contribution in [1.82, 2.24) is 4.90 Å². The van der Waals surface area contributed by atoms with Crippen LogP contribution >= 0.6 is 0 Å². The quantitative estimate of drug-likeness (QED) is 0.413. The number of carbonyl (C=O) groups excluding carboxylic acids is 2. The van der Waals surface area contributed by atoms with Crippen LogP contribution in [0.25, 0.3) is 0 Å². The SMILES string of the molecule is CCOCCCC(=O)N(CCOC)CCC(=O)OC. The van der Waals surface area contributed by atoms with Crippen LogP contribution in [0, 0.1) is 0 Å². The predicted octanol–water partition coefficient (Wildman–Crippen LogP) is 0.841. The summed E-state index contributed by atoms with van der Waals surface area (Å²) in [6.07, 6.45) is 1.32. The second-order valence-electron chi connectivity index (χ2n) is 4.00. The van der Waals surface area contributed by atoms with E-state index in [1.807, 2.05) is 6.92 Å². The first-order chi connectivity index (χ1) is 9.15. The second kappa shape index (κ2) is 11.9. The van der Waals surface area contributed by atoms with Crippen molar-refractivity contribution >= 4 is 11.9 Å². The molecule has 0 aliphatic rings. The maximum absolute atomic E-state index is 12.0. The molecule has 0 aliphatic heterocycles. The lowest BCUT2D eigenvalue weighted by atomic mass is 10.2. The highest BCUT2D eigenvalue weighted by molar-refractivity contribution is 5.77. The van der Waals surface area contributed by atoms with Crippen LogP contribution in [0.2, 0.25) is 0 Å². The Balaban J connectivity index is 4.07. The molecule has 19 heavy (non-hydrogen) atoms. The molecule has 0 atom stereocenters. The topological polar surface area (TPSA) is 65.1 Å². The van der Waals surface area contributed by atoms with Crippen molar-refractivity contribution in [3.63, 3.8) is 0 Å². The van der Waals surface area contributed by atoms with Gasteiger partial charge in [0.25, 0.3) is 0 Å². The molecule has 0 saturated carbocycles. The summed E-state index contributed by atoms with van der Waals surface area (Å²) in [4.78, 5) is 24.7. The minimum Gasteiger partial charge on any atom is -0.469 e. The van der Waals surface area contributed by atoms with Crippen LogP contribution in [0.4, 0.5) is 0 Å². The Morgan fingerprint density at radius 1 is 1.05 bits per heavy atom. The third kappa shape index (κ3) is 9.44. The summed E-state index contributed by atoms with van der Waals surface area (Å²) in [6.45, 7) is 4.47. The Kier molecular flexibility index (Phi) is 11.2. The van der Waals surface area contributed by atoms with E-state index in [0.29, 0.717) is 45.8 Å². The number of esters is 1. The molecule has 0 aromatic carbocycles. The third-order valence-electron chi connectivity index (χ3n) is 2.61. The van der Waals surface area contributed by atoms with E-state index in [4.69, 9.17) is 9.47 Å². The fourth-order valence-corrected chi connectivity index (χ4v) is 1.52. The van der Waals surface area contributed by atoms with Crippen LogP contribution in [0.15, 0.2) is 0 Å². The maximum Gasteiger partial charge on any atom is 0.307 e. The van der Waals surface area contributed by atoms with Crippen molar-refractivity contribution < 1.29 is 23.8 Å². The largest absolute Gasteiger partial charge is 0.469 e. The summed E-state index contributed by atoms with van der Waals surface area (Å²) in [7, 11) is 2.92. The van der Waals surface area contributed by atoms with E-state index in [0.717, 1.165) is 0 Å². The van der Waals surface area contributed by atoms with E-state index in [1.54, 1.807) is 12.0 Å². The fourth-order valence-electron chi connectivity index (χ4n) is 1.52. The van der Waals surface area contributed by atoms with Crippen molar-refractivity contribution in [1.29, 1.82) is 0 Å². The molecule has 0 aliphatic carbocycles. The molecule has 1 amide bonds. The summed E-state index contributed by atoms with van der Waals surface area (Å²) < 4.78 is 14.7. The van der Waals surface area contributed by atoms with Crippen LogP contribution in [0.3, 0.4) is 0 Å². The molecule has 0 spiro atoms. The standard InChI is InChI=1S/C13H25NO5/c1-4-19-10-5-6-12(15)14(9-11-17-2)8-7-13(16)18-3/h4-11H2,1-3H3. The van der Waals surface area contributed by atoms with Crippen LogP contribution in [-0.2, 0) is 23.8 Å². The minimum absolute atomic E-state index is 0.0145. The smallest absolute Gasteiger partial charge is 0.307 e. The Labute approximate surface area is 115 Å². The Morgan fingerprint density at radius 3 is 2.37 bits per heavy atom. The molecule has 0 N–H and O–H groups in total. The highest BCUT2D eigenvalue weighted by atomic mass is 16.5. The van der Waals surface area contributed by atoms with Gasteiger partial charge in [-0.3, -0.25) is 9.59 Å². The van der Waals surface area contributed by atoms with Crippen molar-refractivity contribution in [3.05, 3.63) is 0 Å². The number of hydrogen-bond acceptors (Lipinski definition) is 5. The summed E-state index contributed by atoms with van der Waals surface area (Å²) in [5.41, 5.74) is 0.